The number of aryl methyl sites for hydroxylation is 1. The molecule has 3 rings (SSSR count). The van der Waals surface area contributed by atoms with Crippen molar-refractivity contribution in [3.8, 4) is 0 Å². The van der Waals surface area contributed by atoms with E-state index in [1.54, 1.807) is 0 Å². The zero-order valence-corrected chi connectivity index (χ0v) is 15.4. The standard InChI is InChI=1S/C16H20ClN3O.2ClH/c1-11-13-4-2-3-5-14(13)19-15(16(11)17)10-20-6-7-21-12(8-18)9-20;;/h2-5,12H,6-10,18H2,1H3;2*1H. The number of nitrogens with zero attached hydrogens (tertiary/aromatic N) is 2. The van der Waals surface area contributed by atoms with Crippen LogP contribution >= 0.6 is 36.4 Å². The number of pyridine rings is 1. The molecule has 0 spiro atoms. The van der Waals surface area contributed by atoms with Gasteiger partial charge >= 0.3 is 0 Å². The third-order valence-corrected chi connectivity index (χ3v) is 4.51. The fraction of sp³-hybridized carbons (Fsp3) is 0.438. The van der Waals surface area contributed by atoms with Crippen molar-refractivity contribution in [1.82, 2.24) is 9.88 Å². The Morgan fingerprint density at radius 3 is 2.83 bits per heavy atom. The van der Waals surface area contributed by atoms with Gasteiger partial charge in [0, 0.05) is 31.6 Å². The van der Waals surface area contributed by atoms with Crippen LogP contribution in [0.4, 0.5) is 0 Å². The fourth-order valence-corrected chi connectivity index (χ4v) is 3.00. The van der Waals surface area contributed by atoms with Crippen LogP contribution in [0.3, 0.4) is 0 Å². The van der Waals surface area contributed by atoms with Crippen molar-refractivity contribution in [2.75, 3.05) is 26.2 Å². The Bertz CT molecular complexity index is 654. The lowest BCUT2D eigenvalue weighted by Crippen LogP contribution is -2.45. The van der Waals surface area contributed by atoms with E-state index in [4.69, 9.17) is 27.1 Å². The average Bonchev–Trinajstić information content (AvgIpc) is 2.52. The van der Waals surface area contributed by atoms with Gasteiger partial charge in [0.2, 0.25) is 0 Å². The van der Waals surface area contributed by atoms with Crippen molar-refractivity contribution in [1.29, 1.82) is 0 Å². The number of nitrogens with two attached hydrogens (primary N) is 1. The van der Waals surface area contributed by atoms with Crippen molar-refractivity contribution in [2.24, 2.45) is 5.73 Å². The summed E-state index contributed by atoms with van der Waals surface area (Å²) in [6.07, 6.45) is 0.110. The third-order valence-electron chi connectivity index (χ3n) is 4.01. The first-order valence-electron chi connectivity index (χ1n) is 7.26. The summed E-state index contributed by atoms with van der Waals surface area (Å²) < 4.78 is 5.60. The molecule has 1 atom stereocenters. The van der Waals surface area contributed by atoms with E-state index in [0.29, 0.717) is 13.2 Å². The number of fused-ring (bicyclic) bond motifs is 1. The van der Waals surface area contributed by atoms with E-state index in [1.165, 1.54) is 0 Å². The summed E-state index contributed by atoms with van der Waals surface area (Å²) >= 11 is 6.52. The molecular formula is C16H22Cl3N3O. The molecule has 1 unspecified atom stereocenters. The summed E-state index contributed by atoms with van der Waals surface area (Å²) in [7, 11) is 0. The van der Waals surface area contributed by atoms with Gasteiger partial charge in [-0.3, -0.25) is 4.90 Å². The molecule has 0 saturated carbocycles. The van der Waals surface area contributed by atoms with Crippen LogP contribution in [-0.2, 0) is 11.3 Å². The molecule has 0 amide bonds. The van der Waals surface area contributed by atoms with Gasteiger partial charge in [-0.15, -0.1) is 24.8 Å². The maximum absolute atomic E-state index is 6.52. The predicted molar refractivity (Wildman–Crippen MR) is 100 cm³/mol. The minimum Gasteiger partial charge on any atom is -0.374 e. The maximum atomic E-state index is 6.52. The highest BCUT2D eigenvalue weighted by Crippen LogP contribution is 2.27. The first-order valence-corrected chi connectivity index (χ1v) is 7.64. The molecule has 1 aromatic carbocycles. The van der Waals surface area contributed by atoms with E-state index in [2.05, 4.69) is 17.9 Å². The molecule has 1 saturated heterocycles. The van der Waals surface area contributed by atoms with Gasteiger partial charge in [0.1, 0.15) is 0 Å². The Balaban J connectivity index is 0.00000132. The first-order chi connectivity index (χ1) is 10.2. The molecule has 1 fully saturated rings. The van der Waals surface area contributed by atoms with Crippen LogP contribution in [0.5, 0.6) is 0 Å². The number of hydrogen-bond acceptors (Lipinski definition) is 4. The predicted octanol–water partition coefficient (Wildman–Crippen LogP) is 3.20. The second-order valence-electron chi connectivity index (χ2n) is 5.48. The zero-order valence-electron chi connectivity index (χ0n) is 13.0. The number of ether oxygens (including phenoxy) is 1. The summed E-state index contributed by atoms with van der Waals surface area (Å²) in [5.41, 5.74) is 8.73. The van der Waals surface area contributed by atoms with Gasteiger partial charge < -0.3 is 10.5 Å². The highest BCUT2D eigenvalue weighted by Gasteiger charge is 2.21. The van der Waals surface area contributed by atoms with Crippen molar-refractivity contribution < 1.29 is 4.74 Å². The quantitative estimate of drug-likeness (QED) is 0.891. The Morgan fingerprint density at radius 1 is 1.35 bits per heavy atom. The third kappa shape index (κ3) is 4.47. The molecule has 4 nitrogen and oxygen atoms in total. The molecule has 1 aliphatic rings. The molecule has 2 heterocycles. The largest absolute Gasteiger partial charge is 0.374 e. The van der Waals surface area contributed by atoms with Gasteiger partial charge in [-0.25, -0.2) is 4.98 Å². The minimum absolute atomic E-state index is 0. The van der Waals surface area contributed by atoms with Gasteiger partial charge in [-0.1, -0.05) is 29.8 Å². The van der Waals surface area contributed by atoms with Crippen molar-refractivity contribution in [2.45, 2.75) is 19.6 Å². The summed E-state index contributed by atoms with van der Waals surface area (Å²) in [4.78, 5) is 7.04. The lowest BCUT2D eigenvalue weighted by atomic mass is 10.1. The van der Waals surface area contributed by atoms with Gasteiger partial charge in [0.15, 0.2) is 0 Å². The van der Waals surface area contributed by atoms with Gasteiger partial charge in [0.25, 0.3) is 0 Å². The van der Waals surface area contributed by atoms with E-state index >= 15 is 0 Å². The van der Waals surface area contributed by atoms with Crippen LogP contribution in [0.1, 0.15) is 11.3 Å². The van der Waals surface area contributed by atoms with E-state index < -0.39 is 0 Å². The van der Waals surface area contributed by atoms with Crippen molar-refractivity contribution in [3.05, 3.63) is 40.5 Å². The minimum atomic E-state index is 0. The smallest absolute Gasteiger partial charge is 0.0824 e. The second kappa shape index (κ2) is 9.02. The van der Waals surface area contributed by atoms with Crippen molar-refractivity contribution in [3.63, 3.8) is 0 Å². The molecule has 2 aromatic rings. The number of hydrogen-bond donors (Lipinski definition) is 1. The van der Waals surface area contributed by atoms with E-state index in [-0.39, 0.29) is 30.9 Å². The zero-order chi connectivity index (χ0) is 14.8. The lowest BCUT2D eigenvalue weighted by molar-refractivity contribution is -0.0263. The Morgan fingerprint density at radius 2 is 2.09 bits per heavy atom. The Kier molecular flexibility index (Phi) is 8.01. The van der Waals surface area contributed by atoms with Gasteiger partial charge in [-0.2, -0.15) is 0 Å². The normalized spacial score (nSPS) is 18.3. The van der Waals surface area contributed by atoms with Crippen molar-refractivity contribution >= 4 is 47.3 Å². The summed E-state index contributed by atoms with van der Waals surface area (Å²) in [6.45, 7) is 5.78. The molecule has 128 valence electrons. The van der Waals surface area contributed by atoms with Gasteiger partial charge in [-0.05, 0) is 18.6 Å². The molecule has 23 heavy (non-hydrogen) atoms. The average molecular weight is 379 g/mol. The topological polar surface area (TPSA) is 51.4 Å². The van der Waals surface area contributed by atoms with Crippen LogP contribution in [0.15, 0.2) is 24.3 Å². The first kappa shape index (κ1) is 20.4. The maximum Gasteiger partial charge on any atom is 0.0824 e. The van der Waals surface area contributed by atoms with Crippen LogP contribution in [0.2, 0.25) is 5.02 Å². The number of benzene rings is 1. The van der Waals surface area contributed by atoms with E-state index in [9.17, 15) is 0 Å². The fourth-order valence-electron chi connectivity index (χ4n) is 2.80. The van der Waals surface area contributed by atoms with E-state index in [0.717, 1.165) is 46.8 Å². The van der Waals surface area contributed by atoms with E-state index in [1.807, 2.05) is 18.2 Å². The van der Waals surface area contributed by atoms with Crippen LogP contribution in [0, 0.1) is 6.92 Å². The molecule has 0 bridgehead atoms. The Labute approximate surface area is 154 Å². The summed E-state index contributed by atoms with van der Waals surface area (Å²) in [5, 5.41) is 1.89. The number of rotatable bonds is 3. The summed E-state index contributed by atoms with van der Waals surface area (Å²) in [6, 6.07) is 8.11. The number of morpholine rings is 1. The molecular weight excluding hydrogens is 357 g/mol. The number of aromatic nitrogens is 1. The number of halogens is 3. The monoisotopic (exact) mass is 377 g/mol. The van der Waals surface area contributed by atoms with Crippen LogP contribution in [-0.4, -0.2) is 42.2 Å². The van der Waals surface area contributed by atoms with Gasteiger partial charge in [0.05, 0.1) is 28.9 Å². The lowest BCUT2D eigenvalue weighted by Gasteiger charge is -2.32. The number of para-hydroxylation sites is 1. The molecule has 1 aliphatic heterocycles. The molecule has 0 aliphatic carbocycles. The highest BCUT2D eigenvalue weighted by molar-refractivity contribution is 6.32. The molecule has 7 heteroatoms. The Hall–Kier alpha value is -0.620. The highest BCUT2D eigenvalue weighted by atomic mass is 35.5. The SMILES string of the molecule is Cc1c(Cl)c(CN2CCOC(CN)C2)nc2ccccc12.Cl.Cl. The van der Waals surface area contributed by atoms with Crippen LogP contribution < -0.4 is 5.73 Å². The molecule has 0 radical (unpaired) electrons. The second-order valence-corrected chi connectivity index (χ2v) is 5.86. The molecule has 1 aromatic heterocycles. The van der Waals surface area contributed by atoms with Crippen LogP contribution in [0.25, 0.3) is 10.9 Å². The summed E-state index contributed by atoms with van der Waals surface area (Å²) in [5.74, 6) is 0. The molecule has 2 N–H and O–H groups in total.